The predicted octanol–water partition coefficient (Wildman–Crippen LogP) is 3.06. The molecule has 0 fully saturated rings. The van der Waals surface area contributed by atoms with E-state index in [0.717, 1.165) is 0 Å². The minimum atomic E-state index is -0.412. The third-order valence-corrected chi connectivity index (χ3v) is 4.80. The molecular weight excluding hydrogens is 378 g/mol. The average molecular weight is 397 g/mol. The third-order valence-electron chi connectivity index (χ3n) is 4.80. The number of nitrogens with one attached hydrogen (secondary N) is 1. The Hall–Kier alpha value is -4.06. The van der Waals surface area contributed by atoms with Gasteiger partial charge in [-0.1, -0.05) is 54.6 Å². The zero-order valence-electron chi connectivity index (χ0n) is 16.1. The van der Waals surface area contributed by atoms with Gasteiger partial charge in [0.05, 0.1) is 24.3 Å². The fourth-order valence-electron chi connectivity index (χ4n) is 3.29. The van der Waals surface area contributed by atoms with Crippen LogP contribution in [0.3, 0.4) is 0 Å². The Balaban J connectivity index is 1.65. The molecule has 0 saturated carbocycles. The first kappa shape index (κ1) is 19.3. The van der Waals surface area contributed by atoms with Crippen molar-refractivity contribution in [2.45, 2.75) is 6.54 Å². The Morgan fingerprint density at radius 1 is 0.867 bits per heavy atom. The van der Waals surface area contributed by atoms with Crippen molar-refractivity contribution in [3.05, 3.63) is 112 Å². The van der Waals surface area contributed by atoms with Crippen molar-refractivity contribution in [1.82, 2.24) is 14.9 Å². The molecule has 6 heteroatoms. The molecule has 6 nitrogen and oxygen atoms in total. The van der Waals surface area contributed by atoms with E-state index in [1.807, 2.05) is 18.2 Å². The summed E-state index contributed by atoms with van der Waals surface area (Å²) in [6.45, 7) is 0.115. The molecule has 0 aliphatic rings. The average Bonchev–Trinajstić information content (AvgIpc) is 2.80. The van der Waals surface area contributed by atoms with Gasteiger partial charge in [-0.25, -0.2) is 0 Å². The Morgan fingerprint density at radius 2 is 1.57 bits per heavy atom. The number of ketones is 1. The first-order chi connectivity index (χ1) is 14.6. The molecule has 2 aromatic carbocycles. The number of hydrogen-bond donors (Lipinski definition) is 1. The number of hydrogen-bond acceptors (Lipinski definition) is 4. The second kappa shape index (κ2) is 8.53. The zero-order valence-corrected chi connectivity index (χ0v) is 16.1. The number of carbonyl (C=O) groups is 2. The van der Waals surface area contributed by atoms with Gasteiger partial charge < -0.3 is 9.88 Å². The first-order valence-corrected chi connectivity index (χ1v) is 9.52. The van der Waals surface area contributed by atoms with E-state index in [1.165, 1.54) is 10.8 Å². The van der Waals surface area contributed by atoms with Crippen LogP contribution in [-0.2, 0) is 6.54 Å². The highest BCUT2D eigenvalue weighted by Gasteiger charge is 2.16. The van der Waals surface area contributed by atoms with Crippen LogP contribution in [0.2, 0.25) is 0 Å². The second-order valence-corrected chi connectivity index (χ2v) is 6.81. The summed E-state index contributed by atoms with van der Waals surface area (Å²) in [5.41, 5.74) is 1.37. The largest absolute Gasteiger partial charge is 0.345 e. The van der Waals surface area contributed by atoms with Crippen LogP contribution < -0.4 is 10.9 Å². The maximum Gasteiger partial charge on any atom is 0.258 e. The van der Waals surface area contributed by atoms with Gasteiger partial charge in [-0.15, -0.1) is 0 Å². The minimum absolute atomic E-state index is 0.128. The lowest BCUT2D eigenvalue weighted by molar-refractivity contribution is 0.0904. The molecule has 0 saturated heterocycles. The van der Waals surface area contributed by atoms with Crippen molar-refractivity contribution in [1.29, 1.82) is 0 Å². The smallest absolute Gasteiger partial charge is 0.258 e. The molecule has 0 aliphatic heterocycles. The third kappa shape index (κ3) is 4.03. The van der Waals surface area contributed by atoms with Gasteiger partial charge >= 0.3 is 0 Å². The van der Waals surface area contributed by atoms with Gasteiger partial charge in [0.2, 0.25) is 0 Å². The standard InChI is InChI=1S/C24H19N3O3/c28-22(17-8-2-1-3-9-17)14-26-23(29)21-16-27(15-18-10-6-7-13-25-18)24(30)20-12-5-4-11-19(20)21/h1-13,16H,14-15H2,(H,26,29). The number of aromatic nitrogens is 2. The predicted molar refractivity (Wildman–Crippen MR) is 115 cm³/mol. The van der Waals surface area contributed by atoms with Crippen molar-refractivity contribution >= 4 is 22.5 Å². The summed E-state index contributed by atoms with van der Waals surface area (Å²) in [7, 11) is 0. The Bertz CT molecular complexity index is 1270. The summed E-state index contributed by atoms with van der Waals surface area (Å²) < 4.78 is 1.47. The highest BCUT2D eigenvalue weighted by molar-refractivity contribution is 6.08. The number of nitrogens with zero attached hydrogens (tertiary/aromatic N) is 2. The summed E-state index contributed by atoms with van der Waals surface area (Å²) >= 11 is 0. The molecule has 0 bridgehead atoms. The van der Waals surface area contributed by atoms with Crippen LogP contribution >= 0.6 is 0 Å². The van der Waals surface area contributed by atoms with Gasteiger partial charge in [0.15, 0.2) is 5.78 Å². The molecule has 148 valence electrons. The molecule has 0 spiro atoms. The van der Waals surface area contributed by atoms with E-state index in [-0.39, 0.29) is 24.4 Å². The Labute approximate surface area is 172 Å². The van der Waals surface area contributed by atoms with E-state index in [1.54, 1.807) is 60.8 Å². The number of benzene rings is 2. The summed E-state index contributed by atoms with van der Waals surface area (Å²) in [6, 6.07) is 21.2. The van der Waals surface area contributed by atoms with E-state index < -0.39 is 5.91 Å². The number of rotatable bonds is 6. The maximum absolute atomic E-state index is 12.9. The molecule has 30 heavy (non-hydrogen) atoms. The van der Waals surface area contributed by atoms with Crippen LogP contribution in [0.1, 0.15) is 26.4 Å². The SMILES string of the molecule is O=C(CNC(=O)c1cn(Cc2ccccn2)c(=O)c2ccccc12)c1ccccc1. The lowest BCUT2D eigenvalue weighted by atomic mass is 10.1. The molecule has 0 unspecified atom stereocenters. The minimum Gasteiger partial charge on any atom is -0.345 e. The van der Waals surface area contributed by atoms with Crippen molar-refractivity contribution in [3.63, 3.8) is 0 Å². The zero-order chi connectivity index (χ0) is 20.9. The quantitative estimate of drug-likeness (QED) is 0.507. The first-order valence-electron chi connectivity index (χ1n) is 9.52. The van der Waals surface area contributed by atoms with Gasteiger partial charge in [-0.3, -0.25) is 19.4 Å². The molecule has 1 N–H and O–H groups in total. The van der Waals surface area contributed by atoms with Crippen LogP contribution in [0.15, 0.2) is 90.0 Å². The highest BCUT2D eigenvalue weighted by Crippen LogP contribution is 2.16. The lowest BCUT2D eigenvalue weighted by Gasteiger charge is -2.12. The van der Waals surface area contributed by atoms with Crippen LogP contribution in [-0.4, -0.2) is 27.8 Å². The van der Waals surface area contributed by atoms with E-state index in [2.05, 4.69) is 10.3 Å². The topological polar surface area (TPSA) is 81.1 Å². The van der Waals surface area contributed by atoms with Gasteiger partial charge in [-0.2, -0.15) is 0 Å². The van der Waals surface area contributed by atoms with E-state index in [0.29, 0.717) is 27.6 Å². The normalized spacial score (nSPS) is 10.7. The van der Waals surface area contributed by atoms with Crippen LogP contribution in [0.4, 0.5) is 0 Å². The fraction of sp³-hybridized carbons (Fsp3) is 0.0833. The Kier molecular flexibility index (Phi) is 5.48. The van der Waals surface area contributed by atoms with Gasteiger partial charge in [-0.05, 0) is 18.2 Å². The molecule has 0 radical (unpaired) electrons. The van der Waals surface area contributed by atoms with Crippen molar-refractivity contribution in [2.24, 2.45) is 0 Å². The van der Waals surface area contributed by atoms with Crippen molar-refractivity contribution < 1.29 is 9.59 Å². The van der Waals surface area contributed by atoms with E-state index in [4.69, 9.17) is 0 Å². The van der Waals surface area contributed by atoms with E-state index in [9.17, 15) is 14.4 Å². The summed E-state index contributed by atoms with van der Waals surface area (Å²) in [5.74, 6) is -0.597. The van der Waals surface area contributed by atoms with Crippen molar-refractivity contribution in [2.75, 3.05) is 6.54 Å². The molecule has 4 rings (SSSR count). The molecular formula is C24H19N3O3. The monoisotopic (exact) mass is 397 g/mol. The molecule has 0 atom stereocenters. The Morgan fingerprint density at radius 3 is 2.30 bits per heavy atom. The number of pyridine rings is 2. The van der Waals surface area contributed by atoms with Crippen LogP contribution in [0, 0.1) is 0 Å². The molecule has 0 aliphatic carbocycles. The molecule has 4 aromatic rings. The van der Waals surface area contributed by atoms with Gasteiger partial charge in [0.25, 0.3) is 11.5 Å². The number of Topliss-reactive ketones (excluding diaryl/α,β-unsaturated/α-hetero) is 1. The number of fused-ring (bicyclic) bond motifs is 1. The molecule has 1 amide bonds. The van der Waals surface area contributed by atoms with Crippen LogP contribution in [0.25, 0.3) is 10.8 Å². The maximum atomic E-state index is 12.9. The summed E-state index contributed by atoms with van der Waals surface area (Å²) in [6.07, 6.45) is 3.19. The van der Waals surface area contributed by atoms with Gasteiger partial charge in [0.1, 0.15) is 0 Å². The van der Waals surface area contributed by atoms with Crippen molar-refractivity contribution in [3.8, 4) is 0 Å². The highest BCUT2D eigenvalue weighted by atomic mass is 16.2. The summed E-state index contributed by atoms with van der Waals surface area (Å²) in [4.78, 5) is 42.4. The number of amides is 1. The number of carbonyl (C=O) groups excluding carboxylic acids is 2. The molecule has 2 heterocycles. The van der Waals surface area contributed by atoms with Crippen LogP contribution in [0.5, 0.6) is 0 Å². The van der Waals surface area contributed by atoms with Gasteiger partial charge in [0, 0.05) is 28.7 Å². The fourth-order valence-corrected chi connectivity index (χ4v) is 3.29. The lowest BCUT2D eigenvalue weighted by Crippen LogP contribution is -2.31. The summed E-state index contributed by atoms with van der Waals surface area (Å²) in [5, 5.41) is 3.67. The molecule has 2 aromatic heterocycles. The second-order valence-electron chi connectivity index (χ2n) is 6.81. The van der Waals surface area contributed by atoms with E-state index >= 15 is 0 Å².